The second kappa shape index (κ2) is 5.62. The van der Waals surface area contributed by atoms with Crippen molar-refractivity contribution in [3.8, 4) is 0 Å². The van der Waals surface area contributed by atoms with Gasteiger partial charge in [0, 0.05) is 7.05 Å². The maximum absolute atomic E-state index is 12.9. The quantitative estimate of drug-likeness (QED) is 0.741. The summed E-state index contributed by atoms with van der Waals surface area (Å²) in [7, 11) is 1.27. The fourth-order valence-electron chi connectivity index (χ4n) is 2.25. The van der Waals surface area contributed by atoms with Crippen LogP contribution in [-0.4, -0.2) is 30.7 Å². The first kappa shape index (κ1) is 16.0. The van der Waals surface area contributed by atoms with Gasteiger partial charge in [-0.1, -0.05) is 0 Å². The normalized spacial score (nSPS) is 11.9. The molecule has 3 rings (SSSR count). The van der Waals surface area contributed by atoms with Crippen LogP contribution in [0.3, 0.4) is 0 Å². The number of nitrogens with one attached hydrogen (secondary N) is 1. The van der Waals surface area contributed by atoms with Gasteiger partial charge in [0.1, 0.15) is 5.82 Å². The van der Waals surface area contributed by atoms with Crippen molar-refractivity contribution < 1.29 is 22.7 Å². The minimum absolute atomic E-state index is 0.0630. The van der Waals surface area contributed by atoms with E-state index in [1.807, 2.05) is 0 Å². The number of aromatic nitrogens is 5. The molecule has 0 aliphatic heterocycles. The molecule has 0 amide bonds. The molecule has 0 saturated heterocycles. The third-order valence-electron chi connectivity index (χ3n) is 3.35. The Hall–Kier alpha value is -2.91. The summed E-state index contributed by atoms with van der Waals surface area (Å²) in [4.78, 5) is 19.5. The molecule has 3 aromatic rings. The molecule has 24 heavy (non-hydrogen) atoms. The van der Waals surface area contributed by atoms with Crippen LogP contribution in [0.1, 0.15) is 27.8 Å². The van der Waals surface area contributed by atoms with Gasteiger partial charge in [-0.25, -0.2) is 14.8 Å². The first-order valence-corrected chi connectivity index (χ1v) is 6.84. The van der Waals surface area contributed by atoms with Crippen LogP contribution in [0, 0.1) is 6.92 Å². The van der Waals surface area contributed by atoms with Crippen molar-refractivity contribution in [2.24, 2.45) is 7.05 Å². The summed E-state index contributed by atoms with van der Waals surface area (Å²) in [5.74, 6) is -0.840. The summed E-state index contributed by atoms with van der Waals surface area (Å²) < 4.78 is 44.6. The van der Waals surface area contributed by atoms with E-state index in [0.717, 1.165) is 4.57 Å². The Balaban J connectivity index is 1.83. The van der Waals surface area contributed by atoms with Crippen molar-refractivity contribution >= 4 is 17.0 Å². The van der Waals surface area contributed by atoms with Gasteiger partial charge in [-0.3, -0.25) is 5.10 Å². The smallest absolute Gasteiger partial charge is 0.449 e. The molecule has 2 aromatic heterocycles. The van der Waals surface area contributed by atoms with Crippen molar-refractivity contribution in [3.05, 3.63) is 41.2 Å². The Morgan fingerprint density at radius 3 is 2.71 bits per heavy atom. The Labute approximate surface area is 133 Å². The molecule has 0 aliphatic carbocycles. The van der Waals surface area contributed by atoms with E-state index in [1.165, 1.54) is 25.2 Å². The van der Waals surface area contributed by atoms with Gasteiger partial charge < -0.3 is 9.30 Å². The zero-order chi connectivity index (χ0) is 17.5. The lowest BCUT2D eigenvalue weighted by molar-refractivity contribution is -0.146. The van der Waals surface area contributed by atoms with Crippen molar-refractivity contribution in [2.75, 3.05) is 0 Å². The molecule has 7 nitrogen and oxygen atoms in total. The number of hydrogen-bond acceptors (Lipinski definition) is 5. The van der Waals surface area contributed by atoms with Gasteiger partial charge in [0.15, 0.2) is 12.4 Å². The summed E-state index contributed by atoms with van der Waals surface area (Å²) in [6.07, 6.45) is -4.57. The average molecular weight is 339 g/mol. The van der Waals surface area contributed by atoms with E-state index < -0.39 is 18.0 Å². The van der Waals surface area contributed by atoms with Crippen molar-refractivity contribution in [1.29, 1.82) is 0 Å². The number of nitrogens with zero attached hydrogens (tertiary/aromatic N) is 4. The molecule has 0 radical (unpaired) electrons. The molecule has 2 heterocycles. The first-order valence-electron chi connectivity index (χ1n) is 6.84. The monoisotopic (exact) mass is 339 g/mol. The Kier molecular flexibility index (Phi) is 3.74. The van der Waals surface area contributed by atoms with Gasteiger partial charge >= 0.3 is 12.1 Å². The zero-order valence-corrected chi connectivity index (χ0v) is 12.7. The highest BCUT2D eigenvalue weighted by Crippen LogP contribution is 2.30. The van der Waals surface area contributed by atoms with E-state index in [9.17, 15) is 18.0 Å². The maximum Gasteiger partial charge on any atom is 0.449 e. The van der Waals surface area contributed by atoms with Gasteiger partial charge in [-0.2, -0.15) is 18.3 Å². The van der Waals surface area contributed by atoms with Gasteiger partial charge in [0.25, 0.3) is 0 Å². The summed E-state index contributed by atoms with van der Waals surface area (Å²) in [6, 6.07) is 4.04. The van der Waals surface area contributed by atoms with Gasteiger partial charge in [0.05, 0.1) is 16.6 Å². The number of esters is 1. The molecule has 0 bridgehead atoms. The minimum atomic E-state index is -4.57. The number of benzene rings is 1. The average Bonchev–Trinajstić information content (AvgIpc) is 3.08. The number of imidazole rings is 1. The number of aryl methyl sites for hydroxylation is 2. The van der Waals surface area contributed by atoms with Crippen molar-refractivity contribution in [3.63, 3.8) is 0 Å². The Morgan fingerprint density at radius 2 is 2.08 bits per heavy atom. The molecule has 0 atom stereocenters. The molecule has 0 unspecified atom stereocenters. The second-order valence-electron chi connectivity index (χ2n) is 5.11. The number of fused-ring (bicyclic) bond motifs is 1. The number of alkyl halides is 3. The van der Waals surface area contributed by atoms with Crippen LogP contribution in [0.4, 0.5) is 13.2 Å². The Bertz CT molecular complexity index is 913. The number of halogens is 3. The van der Waals surface area contributed by atoms with E-state index in [0.29, 0.717) is 11.6 Å². The number of carbonyl (C=O) groups excluding carboxylic acids is 1. The number of aromatic amines is 1. The highest BCUT2D eigenvalue weighted by molar-refractivity contribution is 5.93. The van der Waals surface area contributed by atoms with Crippen LogP contribution in [0.15, 0.2) is 18.2 Å². The van der Waals surface area contributed by atoms with Gasteiger partial charge in [-0.05, 0) is 25.1 Å². The molecular formula is C14H12F3N5O2. The van der Waals surface area contributed by atoms with Gasteiger partial charge in [0.2, 0.25) is 5.82 Å². The van der Waals surface area contributed by atoms with Crippen LogP contribution in [-0.2, 0) is 24.6 Å². The molecular weight excluding hydrogens is 327 g/mol. The Morgan fingerprint density at radius 1 is 1.33 bits per heavy atom. The fourth-order valence-corrected chi connectivity index (χ4v) is 2.25. The minimum Gasteiger partial charge on any atom is -0.454 e. The zero-order valence-electron chi connectivity index (χ0n) is 12.7. The van der Waals surface area contributed by atoms with Crippen molar-refractivity contribution in [1.82, 2.24) is 24.7 Å². The van der Waals surface area contributed by atoms with Crippen LogP contribution in [0.25, 0.3) is 11.0 Å². The molecule has 0 spiro atoms. The highest BCUT2D eigenvalue weighted by Gasteiger charge is 2.36. The van der Waals surface area contributed by atoms with Crippen LogP contribution in [0.5, 0.6) is 0 Å². The number of hydrogen-bond donors (Lipinski definition) is 1. The molecule has 10 heteroatoms. The third-order valence-corrected chi connectivity index (χ3v) is 3.35. The molecule has 126 valence electrons. The van der Waals surface area contributed by atoms with Crippen molar-refractivity contribution in [2.45, 2.75) is 19.7 Å². The molecule has 0 saturated carbocycles. The van der Waals surface area contributed by atoms with E-state index in [-0.39, 0.29) is 23.2 Å². The van der Waals surface area contributed by atoms with Gasteiger partial charge in [-0.15, -0.1) is 0 Å². The predicted molar refractivity (Wildman–Crippen MR) is 76.0 cm³/mol. The summed E-state index contributed by atoms with van der Waals surface area (Å²) in [5.41, 5.74) is 0.429. The molecule has 1 aromatic carbocycles. The van der Waals surface area contributed by atoms with E-state index >= 15 is 0 Å². The second-order valence-corrected chi connectivity index (χ2v) is 5.11. The molecule has 0 aliphatic rings. The predicted octanol–water partition coefficient (Wildman–Crippen LogP) is 2.38. The number of ether oxygens (including phenoxy) is 1. The van der Waals surface area contributed by atoms with Crippen LogP contribution in [0.2, 0.25) is 0 Å². The third kappa shape index (κ3) is 2.94. The summed E-state index contributed by atoms with van der Waals surface area (Å²) in [6.45, 7) is 1.56. The largest absolute Gasteiger partial charge is 0.454 e. The highest BCUT2D eigenvalue weighted by atomic mass is 19.4. The van der Waals surface area contributed by atoms with E-state index in [2.05, 4.69) is 20.2 Å². The lowest BCUT2D eigenvalue weighted by Crippen LogP contribution is -2.12. The maximum atomic E-state index is 12.9. The van der Waals surface area contributed by atoms with E-state index in [4.69, 9.17) is 4.74 Å². The van der Waals surface area contributed by atoms with E-state index in [1.54, 1.807) is 6.92 Å². The van der Waals surface area contributed by atoms with Crippen LogP contribution < -0.4 is 0 Å². The standard InChI is InChI=1S/C14H12F3N5O2/c1-7-18-11(21-20-7)6-24-12(23)8-3-4-10-9(5-8)19-13(22(10)2)14(15,16)17/h3-5H,6H2,1-2H3,(H,18,20,21). The lowest BCUT2D eigenvalue weighted by Gasteiger charge is -2.05. The molecule has 0 fully saturated rings. The summed E-state index contributed by atoms with van der Waals surface area (Å²) in [5, 5.41) is 6.43. The SMILES string of the molecule is Cc1nc(COC(=O)c2ccc3c(c2)nc(C(F)(F)F)n3C)n[nH]1. The molecule has 1 N–H and O–H groups in total. The number of rotatable bonds is 3. The first-order chi connectivity index (χ1) is 11.3. The number of carbonyl (C=O) groups is 1. The summed E-state index contributed by atoms with van der Waals surface area (Å²) >= 11 is 0. The lowest BCUT2D eigenvalue weighted by atomic mass is 10.2. The fraction of sp³-hybridized carbons (Fsp3) is 0.286. The van der Waals surface area contributed by atoms with Crippen LogP contribution >= 0.6 is 0 Å². The topological polar surface area (TPSA) is 85.7 Å². The number of H-pyrrole nitrogens is 1.